The van der Waals surface area contributed by atoms with Crippen LogP contribution < -0.4 is 5.56 Å². The maximum Gasteiger partial charge on any atom is 0.261 e. The smallest absolute Gasteiger partial charge is 0.261 e. The van der Waals surface area contributed by atoms with Crippen LogP contribution in [0, 0.1) is 11.3 Å². The highest BCUT2D eigenvalue weighted by molar-refractivity contribution is 5.78. The minimum Gasteiger partial charge on any atom is -0.385 e. The van der Waals surface area contributed by atoms with Gasteiger partial charge in [0, 0.05) is 33.2 Å². The molecule has 1 aromatic carbocycles. The fourth-order valence-electron chi connectivity index (χ4n) is 4.79. The lowest BCUT2D eigenvalue weighted by Crippen LogP contribution is -2.40. The second-order valence-corrected chi connectivity index (χ2v) is 10.4. The first-order chi connectivity index (χ1) is 15.6. The Bertz CT molecular complexity index is 961. The molecular formula is C27H43N3O3. The molecule has 0 bridgehead atoms. The van der Waals surface area contributed by atoms with E-state index in [1.54, 1.807) is 11.7 Å². The number of hydrogen-bond donors (Lipinski definition) is 0. The van der Waals surface area contributed by atoms with Crippen molar-refractivity contribution >= 4 is 16.8 Å². The maximum atomic E-state index is 13.6. The first-order valence-corrected chi connectivity index (χ1v) is 12.4. The summed E-state index contributed by atoms with van der Waals surface area (Å²) >= 11 is 0. The average molecular weight is 458 g/mol. The van der Waals surface area contributed by atoms with Crippen molar-refractivity contribution in [2.24, 2.45) is 11.3 Å². The molecule has 1 heterocycles. The summed E-state index contributed by atoms with van der Waals surface area (Å²) in [6.45, 7) is 14.7. The van der Waals surface area contributed by atoms with E-state index in [2.05, 4.69) is 41.5 Å². The van der Waals surface area contributed by atoms with Gasteiger partial charge in [0.05, 0.1) is 16.9 Å². The minimum absolute atomic E-state index is 0.0266. The van der Waals surface area contributed by atoms with Gasteiger partial charge >= 0.3 is 0 Å². The third-order valence-electron chi connectivity index (χ3n) is 5.95. The lowest BCUT2D eigenvalue weighted by atomic mass is 9.84. The fourth-order valence-corrected chi connectivity index (χ4v) is 4.79. The number of carbonyl (C=O) groups excluding carboxylic acids is 1. The Hall–Kier alpha value is -2.21. The molecule has 2 unspecified atom stereocenters. The number of methoxy groups -OCH3 is 1. The first-order valence-electron chi connectivity index (χ1n) is 12.4. The zero-order valence-electron chi connectivity index (χ0n) is 21.7. The highest BCUT2D eigenvalue weighted by Gasteiger charge is 2.29. The number of benzene rings is 1. The van der Waals surface area contributed by atoms with E-state index in [0.29, 0.717) is 49.3 Å². The molecule has 184 valence electrons. The Kier molecular flexibility index (Phi) is 10.1. The molecule has 0 fully saturated rings. The lowest BCUT2D eigenvalue weighted by molar-refractivity contribution is -0.135. The number of ether oxygens (including phenoxy) is 1. The summed E-state index contributed by atoms with van der Waals surface area (Å²) in [6, 6.07) is 7.23. The molecule has 0 saturated carbocycles. The predicted octanol–water partition coefficient (Wildman–Crippen LogP) is 5.59. The lowest BCUT2D eigenvalue weighted by Gasteiger charge is -2.34. The summed E-state index contributed by atoms with van der Waals surface area (Å²) in [5, 5.41) is 0.626. The Morgan fingerprint density at radius 3 is 2.52 bits per heavy atom. The highest BCUT2D eigenvalue weighted by atomic mass is 16.5. The van der Waals surface area contributed by atoms with Gasteiger partial charge in [-0.1, -0.05) is 53.7 Å². The largest absolute Gasteiger partial charge is 0.385 e. The Morgan fingerprint density at radius 1 is 1.21 bits per heavy atom. The monoisotopic (exact) mass is 457 g/mol. The Balaban J connectivity index is 2.49. The zero-order valence-corrected chi connectivity index (χ0v) is 21.7. The molecule has 6 heteroatoms. The molecule has 0 radical (unpaired) electrons. The van der Waals surface area contributed by atoms with E-state index in [1.165, 1.54) is 0 Å². The number of aromatic nitrogens is 2. The summed E-state index contributed by atoms with van der Waals surface area (Å²) in [5.41, 5.74) is 0.835. The van der Waals surface area contributed by atoms with Crippen LogP contribution in [0.25, 0.3) is 10.9 Å². The van der Waals surface area contributed by atoms with E-state index in [4.69, 9.17) is 9.72 Å². The fraction of sp³-hybridized carbons (Fsp3) is 0.667. The van der Waals surface area contributed by atoms with Gasteiger partial charge in [-0.2, -0.15) is 0 Å². The molecule has 6 nitrogen and oxygen atoms in total. The van der Waals surface area contributed by atoms with Crippen LogP contribution in [0.15, 0.2) is 29.1 Å². The van der Waals surface area contributed by atoms with Crippen molar-refractivity contribution in [3.63, 3.8) is 0 Å². The van der Waals surface area contributed by atoms with Crippen LogP contribution in [0.5, 0.6) is 0 Å². The van der Waals surface area contributed by atoms with Gasteiger partial charge in [0.15, 0.2) is 0 Å². The molecule has 2 aromatic rings. The van der Waals surface area contributed by atoms with Crippen molar-refractivity contribution in [3.05, 3.63) is 40.4 Å². The second kappa shape index (κ2) is 12.3. The third-order valence-corrected chi connectivity index (χ3v) is 5.95. The molecule has 1 aromatic heterocycles. The number of hydrogen-bond acceptors (Lipinski definition) is 4. The highest BCUT2D eigenvalue weighted by Crippen LogP contribution is 2.29. The average Bonchev–Trinajstić information content (AvgIpc) is 2.74. The number of fused-ring (bicyclic) bond motifs is 1. The van der Waals surface area contributed by atoms with Gasteiger partial charge in [0.1, 0.15) is 5.82 Å². The van der Waals surface area contributed by atoms with Crippen molar-refractivity contribution in [2.45, 2.75) is 86.2 Å². The van der Waals surface area contributed by atoms with Crippen molar-refractivity contribution in [1.29, 1.82) is 0 Å². The quantitative estimate of drug-likeness (QED) is 0.390. The normalized spacial score (nSPS) is 13.8. The molecule has 1 amide bonds. The first kappa shape index (κ1) is 27.0. The van der Waals surface area contributed by atoms with Gasteiger partial charge < -0.3 is 9.64 Å². The molecule has 2 atom stereocenters. The van der Waals surface area contributed by atoms with Crippen molar-refractivity contribution in [2.75, 3.05) is 20.3 Å². The van der Waals surface area contributed by atoms with Crippen molar-refractivity contribution in [3.8, 4) is 0 Å². The summed E-state index contributed by atoms with van der Waals surface area (Å²) in [6.07, 6.45) is 3.74. The van der Waals surface area contributed by atoms with Gasteiger partial charge in [-0.05, 0) is 49.1 Å². The number of nitrogens with zero attached hydrogens (tertiary/aromatic N) is 3. The topological polar surface area (TPSA) is 64.4 Å². The van der Waals surface area contributed by atoms with Crippen LogP contribution in [-0.2, 0) is 16.1 Å². The zero-order chi connectivity index (χ0) is 24.6. The van der Waals surface area contributed by atoms with Crippen molar-refractivity contribution < 1.29 is 9.53 Å². The maximum absolute atomic E-state index is 13.6. The summed E-state index contributed by atoms with van der Waals surface area (Å²) in [4.78, 5) is 33.8. The van der Waals surface area contributed by atoms with E-state index in [9.17, 15) is 9.59 Å². The number of amides is 1. The molecular weight excluding hydrogens is 414 g/mol. The van der Waals surface area contributed by atoms with E-state index in [-0.39, 0.29) is 28.8 Å². The van der Waals surface area contributed by atoms with Gasteiger partial charge in [-0.15, -0.1) is 0 Å². The van der Waals surface area contributed by atoms with Crippen molar-refractivity contribution in [1.82, 2.24) is 14.5 Å². The molecule has 0 aliphatic heterocycles. The molecule has 0 spiro atoms. The molecule has 0 aliphatic rings. The van der Waals surface area contributed by atoms with Crippen LogP contribution in [0.3, 0.4) is 0 Å². The molecule has 0 aliphatic carbocycles. The molecule has 0 N–H and O–H groups in total. The van der Waals surface area contributed by atoms with Crippen LogP contribution in [-0.4, -0.2) is 40.6 Å². The van der Waals surface area contributed by atoms with Gasteiger partial charge in [-0.3, -0.25) is 14.2 Å². The van der Waals surface area contributed by atoms with E-state index < -0.39 is 0 Å². The van der Waals surface area contributed by atoms with Gasteiger partial charge in [0.2, 0.25) is 5.91 Å². The standard InChI is InChI=1S/C27H43N3O3/c1-8-15-30-25(28-22-14-11-10-13-21(22)26(30)32)23(9-2)29(16-12-17-33-7)24(31)18-20(3)19-27(4,5)6/h10-11,13-14,20,23H,8-9,12,15-19H2,1-7H3. The Labute approximate surface area is 199 Å². The molecule has 33 heavy (non-hydrogen) atoms. The summed E-state index contributed by atoms with van der Waals surface area (Å²) in [7, 11) is 1.68. The predicted molar refractivity (Wildman–Crippen MR) is 135 cm³/mol. The van der Waals surface area contributed by atoms with Gasteiger partial charge in [-0.25, -0.2) is 4.98 Å². The third kappa shape index (κ3) is 7.39. The SMILES string of the molecule is CCCn1c(C(CC)N(CCCOC)C(=O)CC(C)CC(C)(C)C)nc2ccccc2c1=O. The summed E-state index contributed by atoms with van der Waals surface area (Å²) < 4.78 is 7.05. The van der Waals surface area contributed by atoms with E-state index >= 15 is 0 Å². The minimum atomic E-state index is -0.250. The number of para-hydroxylation sites is 1. The molecule has 2 rings (SSSR count). The van der Waals surface area contributed by atoms with Crippen LogP contribution in [0.4, 0.5) is 0 Å². The van der Waals surface area contributed by atoms with Crippen LogP contribution in [0.2, 0.25) is 0 Å². The van der Waals surface area contributed by atoms with Crippen LogP contribution in [0.1, 0.15) is 85.5 Å². The molecule has 0 saturated heterocycles. The van der Waals surface area contributed by atoms with Crippen LogP contribution >= 0.6 is 0 Å². The number of carbonyl (C=O) groups is 1. The van der Waals surface area contributed by atoms with E-state index in [1.807, 2.05) is 29.2 Å². The number of rotatable bonds is 12. The Morgan fingerprint density at radius 2 is 1.91 bits per heavy atom. The van der Waals surface area contributed by atoms with Gasteiger partial charge in [0.25, 0.3) is 5.56 Å². The summed E-state index contributed by atoms with van der Waals surface area (Å²) in [5.74, 6) is 1.10. The van der Waals surface area contributed by atoms with E-state index in [0.717, 1.165) is 19.3 Å². The second-order valence-electron chi connectivity index (χ2n) is 10.4.